The number of hydroxylamine groups is 4. The Hall–Kier alpha value is -3.50. The monoisotopic (exact) mass is 584 g/mol. The van der Waals surface area contributed by atoms with Gasteiger partial charge in [0, 0.05) is 25.2 Å². The Labute approximate surface area is 248 Å². The van der Waals surface area contributed by atoms with E-state index in [4.69, 9.17) is 28.6 Å². The second-order valence-corrected chi connectivity index (χ2v) is 10.7. The smallest absolute Gasteiger partial charge is 0.438 e. The highest BCUT2D eigenvalue weighted by molar-refractivity contribution is 6.29. The van der Waals surface area contributed by atoms with Crippen LogP contribution in [0.4, 0.5) is 0 Å². The Kier molecular flexibility index (Phi) is 11.7. The highest BCUT2D eigenvalue weighted by Gasteiger charge is 2.30. The first-order valence-electron chi connectivity index (χ1n) is 15.0. The van der Waals surface area contributed by atoms with Crippen molar-refractivity contribution >= 4 is 11.9 Å². The van der Waals surface area contributed by atoms with Gasteiger partial charge in [0.05, 0.1) is 27.3 Å². The second-order valence-electron chi connectivity index (χ2n) is 10.7. The number of aryl methyl sites for hydroxylation is 2. The molecule has 0 fully saturated rings. The Morgan fingerprint density at radius 2 is 1.17 bits per heavy atom. The van der Waals surface area contributed by atoms with Gasteiger partial charge in [0.1, 0.15) is 35.2 Å². The van der Waals surface area contributed by atoms with Gasteiger partial charge in [-0.25, -0.2) is 9.59 Å². The molecule has 10 nitrogen and oxygen atoms in total. The summed E-state index contributed by atoms with van der Waals surface area (Å²) in [6.07, 6.45) is 6.24. The van der Waals surface area contributed by atoms with E-state index in [2.05, 4.69) is 13.8 Å². The molecule has 0 saturated carbocycles. The molecule has 0 N–H and O–H groups in total. The SMILES string of the molecule is CCCCN(CC1CCc2ccc(OC)cc2O1)OC(=O)C(=O)ON(CCCC)CC1CCc2ccc(OC)cc2O1. The number of hydrogen-bond donors (Lipinski definition) is 0. The van der Waals surface area contributed by atoms with Gasteiger partial charge >= 0.3 is 11.9 Å². The number of rotatable bonds is 14. The zero-order chi connectivity index (χ0) is 29.9. The lowest BCUT2D eigenvalue weighted by atomic mass is 10.0. The molecule has 0 radical (unpaired) electrons. The van der Waals surface area contributed by atoms with E-state index in [1.54, 1.807) is 14.2 Å². The predicted octanol–water partition coefficient (Wildman–Crippen LogP) is 4.91. The van der Waals surface area contributed by atoms with Crippen molar-refractivity contribution < 1.29 is 38.2 Å². The van der Waals surface area contributed by atoms with Crippen molar-refractivity contribution in [3.63, 3.8) is 0 Å². The minimum Gasteiger partial charge on any atom is -0.497 e. The highest BCUT2D eigenvalue weighted by Crippen LogP contribution is 2.33. The van der Waals surface area contributed by atoms with Crippen LogP contribution in [0.5, 0.6) is 23.0 Å². The van der Waals surface area contributed by atoms with Crippen LogP contribution in [-0.4, -0.2) is 74.7 Å². The summed E-state index contributed by atoms with van der Waals surface area (Å²) >= 11 is 0. The number of ether oxygens (including phenoxy) is 4. The van der Waals surface area contributed by atoms with Crippen LogP contribution in [0, 0.1) is 0 Å². The van der Waals surface area contributed by atoms with Gasteiger partial charge in [-0.3, -0.25) is 0 Å². The molecule has 0 amide bonds. The largest absolute Gasteiger partial charge is 0.497 e. The van der Waals surface area contributed by atoms with Gasteiger partial charge in [-0.1, -0.05) is 38.8 Å². The number of hydrogen-bond acceptors (Lipinski definition) is 10. The van der Waals surface area contributed by atoms with Crippen LogP contribution in [0.2, 0.25) is 0 Å². The molecular weight excluding hydrogens is 540 g/mol. The normalized spacial score (nSPS) is 17.5. The summed E-state index contributed by atoms with van der Waals surface area (Å²) in [7, 11) is 3.24. The number of unbranched alkanes of at least 4 members (excludes halogenated alkanes) is 2. The number of benzene rings is 2. The van der Waals surface area contributed by atoms with E-state index in [0.717, 1.165) is 85.5 Å². The Morgan fingerprint density at radius 1 is 0.738 bits per heavy atom. The van der Waals surface area contributed by atoms with E-state index in [0.29, 0.717) is 26.2 Å². The molecule has 2 unspecified atom stereocenters. The van der Waals surface area contributed by atoms with E-state index in [1.165, 1.54) is 10.1 Å². The maximum absolute atomic E-state index is 12.9. The number of fused-ring (bicyclic) bond motifs is 2. The average molecular weight is 585 g/mol. The van der Waals surface area contributed by atoms with Gasteiger partial charge in [-0.05, 0) is 61.8 Å². The van der Waals surface area contributed by atoms with Crippen LogP contribution >= 0.6 is 0 Å². The second kappa shape index (κ2) is 15.7. The molecule has 2 heterocycles. The minimum atomic E-state index is -1.05. The van der Waals surface area contributed by atoms with E-state index in [-0.39, 0.29) is 12.2 Å². The molecular formula is C32H44N2O8. The van der Waals surface area contributed by atoms with Gasteiger partial charge in [0.25, 0.3) is 0 Å². The predicted molar refractivity (Wildman–Crippen MR) is 157 cm³/mol. The van der Waals surface area contributed by atoms with Crippen molar-refractivity contribution in [2.75, 3.05) is 40.4 Å². The number of carbonyl (C=O) groups is 2. The van der Waals surface area contributed by atoms with Crippen LogP contribution in [0.15, 0.2) is 36.4 Å². The fourth-order valence-electron chi connectivity index (χ4n) is 5.10. The number of nitrogens with zero attached hydrogens (tertiary/aromatic N) is 2. The van der Waals surface area contributed by atoms with E-state index in [9.17, 15) is 9.59 Å². The molecule has 2 atom stereocenters. The molecule has 0 saturated heterocycles. The molecule has 0 aromatic heterocycles. The summed E-state index contributed by atoms with van der Waals surface area (Å²) in [5.74, 6) is 0.882. The third-order valence-electron chi connectivity index (χ3n) is 7.53. The maximum Gasteiger partial charge on any atom is 0.438 e. The van der Waals surface area contributed by atoms with Crippen LogP contribution in [0.25, 0.3) is 0 Å². The summed E-state index contributed by atoms with van der Waals surface area (Å²) in [6, 6.07) is 11.6. The first-order valence-corrected chi connectivity index (χ1v) is 15.0. The minimum absolute atomic E-state index is 0.198. The van der Waals surface area contributed by atoms with Crippen LogP contribution < -0.4 is 18.9 Å². The standard InChI is InChI=1S/C32H44N2O8/c1-5-7-17-33(21-27-15-11-23-9-13-25(37-3)19-29(23)39-27)41-31(35)32(36)42-34(18-8-6-2)22-28-16-12-24-10-14-26(38-4)20-30(24)40-28/h9-10,13-14,19-20,27-28H,5-8,11-12,15-18,21-22H2,1-4H3. The molecule has 2 aromatic rings. The summed E-state index contributed by atoms with van der Waals surface area (Å²) in [5.41, 5.74) is 2.23. The van der Waals surface area contributed by atoms with Crippen molar-refractivity contribution in [3.8, 4) is 23.0 Å². The maximum atomic E-state index is 12.9. The van der Waals surface area contributed by atoms with Crippen molar-refractivity contribution in [1.29, 1.82) is 0 Å². The van der Waals surface area contributed by atoms with E-state index in [1.807, 2.05) is 36.4 Å². The molecule has 2 aliphatic heterocycles. The first kappa shape index (κ1) is 31.4. The van der Waals surface area contributed by atoms with Crippen molar-refractivity contribution in [2.45, 2.75) is 77.4 Å². The van der Waals surface area contributed by atoms with Gasteiger partial charge < -0.3 is 28.6 Å². The molecule has 42 heavy (non-hydrogen) atoms. The summed E-state index contributed by atoms with van der Waals surface area (Å²) in [4.78, 5) is 36.9. The number of methoxy groups -OCH3 is 2. The van der Waals surface area contributed by atoms with Gasteiger partial charge in [0.2, 0.25) is 0 Å². The van der Waals surface area contributed by atoms with Crippen LogP contribution in [-0.2, 0) is 32.1 Å². The first-order chi connectivity index (χ1) is 20.4. The molecule has 2 aliphatic rings. The quantitative estimate of drug-likeness (QED) is 0.225. The van der Waals surface area contributed by atoms with Crippen molar-refractivity contribution in [2.24, 2.45) is 0 Å². The molecule has 4 rings (SSSR count). The Bertz CT molecular complexity index is 1100. The molecule has 2 aromatic carbocycles. The molecule has 0 spiro atoms. The molecule has 0 bridgehead atoms. The zero-order valence-electron chi connectivity index (χ0n) is 25.3. The third kappa shape index (κ3) is 8.75. The molecule has 230 valence electrons. The molecule has 10 heteroatoms. The lowest BCUT2D eigenvalue weighted by Gasteiger charge is -2.31. The van der Waals surface area contributed by atoms with Gasteiger partial charge in [-0.15, -0.1) is 10.1 Å². The van der Waals surface area contributed by atoms with Crippen molar-refractivity contribution in [1.82, 2.24) is 10.1 Å². The lowest BCUT2D eigenvalue weighted by molar-refractivity contribution is -0.222. The van der Waals surface area contributed by atoms with Crippen LogP contribution in [0.1, 0.15) is 63.5 Å². The number of carbonyl (C=O) groups excluding carboxylic acids is 2. The average Bonchev–Trinajstić information content (AvgIpc) is 3.01. The summed E-state index contributed by atoms with van der Waals surface area (Å²) in [5, 5.41) is 3.04. The Morgan fingerprint density at radius 3 is 1.55 bits per heavy atom. The topological polar surface area (TPSA) is 96.0 Å². The highest BCUT2D eigenvalue weighted by atomic mass is 16.8. The van der Waals surface area contributed by atoms with E-state index >= 15 is 0 Å². The fourth-order valence-corrected chi connectivity index (χ4v) is 5.10. The van der Waals surface area contributed by atoms with Crippen molar-refractivity contribution in [3.05, 3.63) is 47.5 Å². The summed E-state index contributed by atoms with van der Waals surface area (Å²) in [6.45, 7) is 5.77. The lowest BCUT2D eigenvalue weighted by Crippen LogP contribution is -2.43. The third-order valence-corrected chi connectivity index (χ3v) is 7.53. The fraction of sp³-hybridized carbons (Fsp3) is 0.562. The van der Waals surface area contributed by atoms with Gasteiger partial charge in [-0.2, -0.15) is 0 Å². The zero-order valence-corrected chi connectivity index (χ0v) is 25.3. The van der Waals surface area contributed by atoms with Crippen LogP contribution in [0.3, 0.4) is 0 Å². The Balaban J connectivity index is 1.34. The van der Waals surface area contributed by atoms with E-state index < -0.39 is 11.9 Å². The summed E-state index contributed by atoms with van der Waals surface area (Å²) < 4.78 is 23.1. The molecule has 0 aliphatic carbocycles. The van der Waals surface area contributed by atoms with Gasteiger partial charge in [0.15, 0.2) is 0 Å².